The van der Waals surface area contributed by atoms with Crippen LogP contribution in [0.1, 0.15) is 26.7 Å². The molecule has 1 aliphatic heterocycles. The lowest BCUT2D eigenvalue weighted by atomic mass is 9.98. The average Bonchev–Trinajstić information content (AvgIpc) is 2.86. The van der Waals surface area contributed by atoms with E-state index in [4.69, 9.17) is 14.2 Å². The monoisotopic (exact) mass is 482 g/mol. The Hall–Kier alpha value is -3.25. The van der Waals surface area contributed by atoms with Crippen molar-refractivity contribution in [2.75, 3.05) is 19.8 Å². The maximum atomic E-state index is 14.9. The molecular weight excluding hydrogens is 453 g/mol. The van der Waals surface area contributed by atoms with Crippen LogP contribution < -0.4 is 9.47 Å². The number of hydrogen-bond donors (Lipinski definition) is 0. The second kappa shape index (κ2) is 11.5. The van der Waals surface area contributed by atoms with Gasteiger partial charge in [0.1, 0.15) is 5.82 Å². The second-order valence-corrected chi connectivity index (χ2v) is 8.57. The summed E-state index contributed by atoms with van der Waals surface area (Å²) < 4.78 is 60.5. The molecule has 0 spiro atoms. The first kappa shape index (κ1) is 24.9. The Kier molecular flexibility index (Phi) is 8.13. The van der Waals surface area contributed by atoms with E-state index in [1.807, 2.05) is 19.1 Å². The highest BCUT2D eigenvalue weighted by Crippen LogP contribution is 2.32. The fraction of sp³-hybridized carbons (Fsp3) is 0.310. The number of hydrogen-bond acceptors (Lipinski definition) is 3. The van der Waals surface area contributed by atoms with Crippen molar-refractivity contribution in [3.63, 3.8) is 0 Å². The number of benzene rings is 3. The van der Waals surface area contributed by atoms with Crippen molar-refractivity contribution in [3.05, 3.63) is 84.2 Å². The van der Waals surface area contributed by atoms with Crippen molar-refractivity contribution in [2.45, 2.75) is 32.8 Å². The van der Waals surface area contributed by atoms with Gasteiger partial charge in [0.2, 0.25) is 0 Å². The van der Waals surface area contributed by atoms with Gasteiger partial charge in [-0.3, -0.25) is 0 Å². The van der Waals surface area contributed by atoms with Gasteiger partial charge >= 0.3 is 0 Å². The molecule has 1 fully saturated rings. The topological polar surface area (TPSA) is 27.7 Å². The number of halogens is 3. The lowest BCUT2D eigenvalue weighted by molar-refractivity contribution is -0.00345. The number of rotatable bonds is 8. The molecule has 3 aromatic rings. The van der Waals surface area contributed by atoms with Crippen molar-refractivity contribution in [1.82, 2.24) is 0 Å². The normalized spacial score (nSPS) is 18.1. The van der Waals surface area contributed by atoms with Gasteiger partial charge in [0.15, 0.2) is 23.1 Å². The third-order valence-corrected chi connectivity index (χ3v) is 6.06. The van der Waals surface area contributed by atoms with E-state index < -0.39 is 17.5 Å². The number of allylic oxidation sites excluding steroid dienone is 1. The van der Waals surface area contributed by atoms with Gasteiger partial charge in [0.05, 0.1) is 25.9 Å². The van der Waals surface area contributed by atoms with E-state index in [-0.39, 0.29) is 29.1 Å². The first-order valence-corrected chi connectivity index (χ1v) is 11.9. The van der Waals surface area contributed by atoms with E-state index >= 15 is 0 Å². The minimum Gasteiger partial charge on any atom is -0.491 e. The van der Waals surface area contributed by atoms with E-state index in [0.29, 0.717) is 36.5 Å². The van der Waals surface area contributed by atoms with Crippen molar-refractivity contribution in [2.24, 2.45) is 5.92 Å². The molecule has 1 saturated heterocycles. The molecule has 3 nitrogen and oxygen atoms in total. The zero-order valence-corrected chi connectivity index (χ0v) is 19.9. The van der Waals surface area contributed by atoms with Crippen LogP contribution in [0.2, 0.25) is 0 Å². The van der Waals surface area contributed by atoms with Crippen molar-refractivity contribution < 1.29 is 27.4 Å². The Bertz CT molecular complexity index is 1180. The summed E-state index contributed by atoms with van der Waals surface area (Å²) in [6, 6.07) is 13.5. The molecule has 0 saturated carbocycles. The van der Waals surface area contributed by atoms with Crippen LogP contribution >= 0.6 is 0 Å². The maximum absolute atomic E-state index is 14.9. The summed E-state index contributed by atoms with van der Waals surface area (Å²) in [5, 5.41) is 0. The molecule has 0 aromatic heterocycles. The molecule has 1 heterocycles. The summed E-state index contributed by atoms with van der Waals surface area (Å²) in [5.41, 5.74) is 1.68. The molecule has 0 amide bonds. The van der Waals surface area contributed by atoms with Crippen LogP contribution in [0.5, 0.6) is 11.5 Å². The summed E-state index contributed by atoms with van der Waals surface area (Å²) >= 11 is 0. The van der Waals surface area contributed by atoms with Crippen LogP contribution in [0.15, 0.2) is 66.7 Å². The van der Waals surface area contributed by atoms with Gasteiger partial charge < -0.3 is 14.2 Å². The summed E-state index contributed by atoms with van der Waals surface area (Å²) in [6.07, 6.45) is 6.05. The van der Waals surface area contributed by atoms with E-state index in [2.05, 4.69) is 0 Å². The standard InChI is InChI=1S/C29H29F3O3/c1-3-5-23-10-6-19(17-34-23)18-35-29-12-8-21(15-26(29)31)20-7-11-24(25(30)14-20)22-9-13-28(33-4-2)27(32)16-22/h3,5,7-9,11-16,19,23H,4,6,10,17-18H2,1-2H3/b5-3+. The van der Waals surface area contributed by atoms with Crippen LogP contribution in [0, 0.1) is 23.4 Å². The average molecular weight is 483 g/mol. The van der Waals surface area contributed by atoms with Gasteiger partial charge in [0.25, 0.3) is 0 Å². The second-order valence-electron chi connectivity index (χ2n) is 8.57. The molecule has 6 heteroatoms. The molecule has 0 bridgehead atoms. The molecule has 0 N–H and O–H groups in total. The minimum atomic E-state index is -0.553. The Morgan fingerprint density at radius 1 is 0.829 bits per heavy atom. The van der Waals surface area contributed by atoms with Gasteiger partial charge in [0, 0.05) is 11.5 Å². The van der Waals surface area contributed by atoms with Crippen molar-refractivity contribution in [1.29, 1.82) is 0 Å². The predicted octanol–water partition coefficient (Wildman–Crippen LogP) is 7.59. The highest BCUT2D eigenvalue weighted by atomic mass is 19.1. The van der Waals surface area contributed by atoms with Gasteiger partial charge in [-0.25, -0.2) is 13.2 Å². The Balaban J connectivity index is 1.43. The molecule has 2 unspecified atom stereocenters. The molecule has 1 aliphatic rings. The smallest absolute Gasteiger partial charge is 0.165 e. The molecule has 35 heavy (non-hydrogen) atoms. The predicted molar refractivity (Wildman–Crippen MR) is 131 cm³/mol. The van der Waals surface area contributed by atoms with Crippen molar-refractivity contribution >= 4 is 0 Å². The molecule has 184 valence electrons. The Morgan fingerprint density at radius 3 is 2.06 bits per heavy atom. The largest absolute Gasteiger partial charge is 0.491 e. The lowest BCUT2D eigenvalue weighted by Crippen LogP contribution is -2.28. The zero-order chi connectivity index (χ0) is 24.8. The maximum Gasteiger partial charge on any atom is 0.165 e. The molecular formula is C29H29F3O3. The minimum absolute atomic E-state index is 0.125. The van der Waals surface area contributed by atoms with E-state index in [1.54, 1.807) is 37.3 Å². The Morgan fingerprint density at radius 2 is 1.46 bits per heavy atom. The number of ether oxygens (including phenoxy) is 3. The van der Waals surface area contributed by atoms with Crippen LogP contribution in [0.3, 0.4) is 0 Å². The van der Waals surface area contributed by atoms with Gasteiger partial charge in [-0.15, -0.1) is 0 Å². The summed E-state index contributed by atoms with van der Waals surface area (Å²) in [5.74, 6) is -1.09. The van der Waals surface area contributed by atoms with Crippen LogP contribution in [0.25, 0.3) is 22.3 Å². The van der Waals surface area contributed by atoms with Crippen LogP contribution in [-0.2, 0) is 4.74 Å². The first-order chi connectivity index (χ1) is 17.0. The fourth-order valence-corrected chi connectivity index (χ4v) is 4.20. The van der Waals surface area contributed by atoms with Gasteiger partial charge in [-0.05, 0) is 73.7 Å². The highest BCUT2D eigenvalue weighted by molar-refractivity contribution is 5.71. The van der Waals surface area contributed by atoms with Gasteiger partial charge in [-0.2, -0.15) is 0 Å². The lowest BCUT2D eigenvalue weighted by Gasteiger charge is -2.27. The highest BCUT2D eigenvalue weighted by Gasteiger charge is 2.21. The van der Waals surface area contributed by atoms with Crippen LogP contribution in [-0.4, -0.2) is 25.9 Å². The molecule has 4 rings (SSSR count). The third-order valence-electron chi connectivity index (χ3n) is 6.06. The fourth-order valence-electron chi connectivity index (χ4n) is 4.20. The zero-order valence-electron chi connectivity index (χ0n) is 19.9. The summed E-state index contributed by atoms with van der Waals surface area (Å²) in [4.78, 5) is 0. The molecule has 0 aliphatic carbocycles. The van der Waals surface area contributed by atoms with E-state index in [1.165, 1.54) is 24.3 Å². The first-order valence-electron chi connectivity index (χ1n) is 11.9. The molecule has 0 radical (unpaired) electrons. The summed E-state index contributed by atoms with van der Waals surface area (Å²) in [7, 11) is 0. The quantitative estimate of drug-likeness (QED) is 0.310. The summed E-state index contributed by atoms with van der Waals surface area (Å²) in [6.45, 7) is 5.03. The third kappa shape index (κ3) is 6.06. The molecule has 3 aromatic carbocycles. The van der Waals surface area contributed by atoms with Crippen molar-refractivity contribution in [3.8, 4) is 33.8 Å². The van der Waals surface area contributed by atoms with Gasteiger partial charge in [-0.1, -0.05) is 36.4 Å². The van der Waals surface area contributed by atoms with E-state index in [0.717, 1.165) is 12.8 Å². The molecule has 2 atom stereocenters. The SMILES string of the molecule is C/C=C/C1CCC(COc2ccc(-c3ccc(-c4ccc(OCC)c(F)c4)c(F)c3)cc2F)CO1. The van der Waals surface area contributed by atoms with E-state index in [9.17, 15) is 13.2 Å². The Labute approximate surface area is 204 Å². The van der Waals surface area contributed by atoms with Crippen LogP contribution in [0.4, 0.5) is 13.2 Å².